The molecule has 0 spiro atoms. The molecule has 0 aliphatic carbocycles. The highest BCUT2D eigenvalue weighted by Crippen LogP contribution is 2.38. The van der Waals surface area contributed by atoms with Crippen LogP contribution in [0.4, 0.5) is 0 Å². The highest BCUT2D eigenvalue weighted by molar-refractivity contribution is 5.13. The van der Waals surface area contributed by atoms with E-state index in [-0.39, 0.29) is 30.7 Å². The summed E-state index contributed by atoms with van der Waals surface area (Å²) < 4.78 is 30.7. The Balaban J connectivity index is 1.79. The molecule has 7 heteroatoms. The van der Waals surface area contributed by atoms with Gasteiger partial charge >= 0.3 is 0 Å². The average molecular weight is 465 g/mol. The molecule has 4 unspecified atom stereocenters. The number of hydrogen-bond donors (Lipinski definition) is 2. The minimum absolute atomic E-state index is 0.0234. The number of ether oxygens (including phenoxy) is 5. The molecule has 2 aliphatic heterocycles. The molecule has 2 fully saturated rings. The van der Waals surface area contributed by atoms with E-state index < -0.39 is 30.9 Å². The van der Waals surface area contributed by atoms with E-state index in [1.54, 1.807) is 6.08 Å². The van der Waals surface area contributed by atoms with Crippen LogP contribution in [-0.4, -0.2) is 66.5 Å². The smallest absolute Gasteiger partial charge is 0.184 e. The Labute approximate surface area is 197 Å². The van der Waals surface area contributed by atoms with Crippen LogP contribution in [0.3, 0.4) is 0 Å². The number of benzene rings is 1. The number of aliphatic hydroxyl groups is 2. The van der Waals surface area contributed by atoms with Crippen molar-refractivity contribution in [2.75, 3.05) is 13.2 Å². The first-order valence-electron chi connectivity index (χ1n) is 12.0. The third-order valence-corrected chi connectivity index (χ3v) is 7.02. The van der Waals surface area contributed by atoms with Gasteiger partial charge in [-0.3, -0.25) is 0 Å². The van der Waals surface area contributed by atoms with Crippen LogP contribution in [-0.2, 0) is 30.3 Å². The molecule has 2 saturated heterocycles. The van der Waals surface area contributed by atoms with Crippen LogP contribution < -0.4 is 0 Å². The molecule has 0 bridgehead atoms. The largest absolute Gasteiger partial charge is 0.394 e. The van der Waals surface area contributed by atoms with Gasteiger partial charge in [0.15, 0.2) is 12.6 Å². The second-order valence-electron chi connectivity index (χ2n) is 9.23. The number of rotatable bonds is 10. The predicted octanol–water partition coefficient (Wildman–Crippen LogP) is 3.28. The fraction of sp³-hybridized carbons (Fsp3) is 0.692. The average Bonchev–Trinajstić information content (AvgIpc) is 2.83. The van der Waals surface area contributed by atoms with Gasteiger partial charge in [-0.05, 0) is 23.8 Å². The summed E-state index contributed by atoms with van der Waals surface area (Å²) in [7, 11) is 0. The van der Waals surface area contributed by atoms with Crippen LogP contribution in [0, 0.1) is 17.8 Å². The van der Waals surface area contributed by atoms with Crippen LogP contribution in [0.5, 0.6) is 0 Å². The molecular formula is C26H40O7. The maximum atomic E-state index is 10.9. The van der Waals surface area contributed by atoms with Gasteiger partial charge in [0.1, 0.15) is 18.3 Å². The van der Waals surface area contributed by atoms with E-state index in [2.05, 4.69) is 27.4 Å². The molecule has 2 N–H and O–H groups in total. The zero-order chi connectivity index (χ0) is 24.0. The Morgan fingerprint density at radius 3 is 2.27 bits per heavy atom. The Bertz CT molecular complexity index is 714. The molecule has 33 heavy (non-hydrogen) atoms. The fourth-order valence-corrected chi connectivity index (χ4v) is 4.75. The van der Waals surface area contributed by atoms with Crippen LogP contribution in [0.15, 0.2) is 43.0 Å². The van der Waals surface area contributed by atoms with Crippen molar-refractivity contribution in [3.05, 3.63) is 48.6 Å². The van der Waals surface area contributed by atoms with Gasteiger partial charge < -0.3 is 33.9 Å². The standard InChI is InChI=1S/C26H40O7/c1-6-13-29-25-18(5)23(22(28)21(14-27)32-25)33-26-24(17(4)16(3)20(7-2)31-26)30-15-19-11-9-8-10-12-19/h6,8-12,16-18,20-28H,1,7,13-15H2,2-5H3/t16-,17?,18-,20?,21?,22+,23?,24-,25-,26-/m0/s1. The zero-order valence-electron chi connectivity index (χ0n) is 20.2. The summed E-state index contributed by atoms with van der Waals surface area (Å²) in [5.74, 6) is 0.184. The Hall–Kier alpha value is -1.32. The zero-order valence-corrected chi connectivity index (χ0v) is 20.2. The van der Waals surface area contributed by atoms with E-state index in [9.17, 15) is 10.2 Å². The molecule has 186 valence electrons. The molecule has 3 rings (SSSR count). The van der Waals surface area contributed by atoms with Gasteiger partial charge in [-0.1, -0.05) is 64.1 Å². The van der Waals surface area contributed by atoms with E-state index in [1.807, 2.05) is 37.3 Å². The topological polar surface area (TPSA) is 86.6 Å². The quantitative estimate of drug-likeness (QED) is 0.514. The lowest BCUT2D eigenvalue weighted by Crippen LogP contribution is -2.60. The summed E-state index contributed by atoms with van der Waals surface area (Å²) in [6, 6.07) is 10.0. The van der Waals surface area contributed by atoms with Gasteiger partial charge in [0.25, 0.3) is 0 Å². The second kappa shape index (κ2) is 12.4. The van der Waals surface area contributed by atoms with Crippen molar-refractivity contribution in [2.45, 2.75) is 83.8 Å². The lowest BCUT2D eigenvalue weighted by Gasteiger charge is -2.48. The Morgan fingerprint density at radius 2 is 1.64 bits per heavy atom. The molecule has 0 aromatic heterocycles. The van der Waals surface area contributed by atoms with Crippen molar-refractivity contribution in [2.24, 2.45) is 17.8 Å². The molecule has 0 radical (unpaired) electrons. The highest BCUT2D eigenvalue weighted by atomic mass is 16.7. The molecule has 7 nitrogen and oxygen atoms in total. The molecule has 2 aliphatic rings. The molecule has 1 aromatic rings. The van der Waals surface area contributed by atoms with Gasteiger partial charge in [-0.15, -0.1) is 6.58 Å². The maximum Gasteiger partial charge on any atom is 0.184 e. The molecule has 2 heterocycles. The SMILES string of the molecule is C=CCO[C@H]1OC(CO)[C@@H](O)C(O[C@@H]2OC(CC)[C@@H](C)C(C)[C@@H]2OCc2ccccc2)[C@@H]1C. The third kappa shape index (κ3) is 6.22. The van der Waals surface area contributed by atoms with Crippen molar-refractivity contribution in [3.8, 4) is 0 Å². The van der Waals surface area contributed by atoms with Gasteiger partial charge in [-0.2, -0.15) is 0 Å². The van der Waals surface area contributed by atoms with Crippen molar-refractivity contribution in [1.82, 2.24) is 0 Å². The van der Waals surface area contributed by atoms with Gasteiger partial charge in [-0.25, -0.2) is 0 Å². The predicted molar refractivity (Wildman–Crippen MR) is 124 cm³/mol. The van der Waals surface area contributed by atoms with Crippen molar-refractivity contribution >= 4 is 0 Å². The Kier molecular flexibility index (Phi) is 9.88. The summed E-state index contributed by atoms with van der Waals surface area (Å²) >= 11 is 0. The van der Waals surface area contributed by atoms with Crippen LogP contribution in [0.2, 0.25) is 0 Å². The minimum Gasteiger partial charge on any atom is -0.394 e. The van der Waals surface area contributed by atoms with Crippen LogP contribution in [0.1, 0.15) is 39.7 Å². The van der Waals surface area contributed by atoms with Crippen molar-refractivity contribution in [1.29, 1.82) is 0 Å². The second-order valence-corrected chi connectivity index (χ2v) is 9.23. The van der Waals surface area contributed by atoms with E-state index in [0.717, 1.165) is 12.0 Å². The van der Waals surface area contributed by atoms with E-state index >= 15 is 0 Å². The lowest BCUT2D eigenvalue weighted by molar-refractivity contribution is -0.344. The fourth-order valence-electron chi connectivity index (χ4n) is 4.75. The lowest BCUT2D eigenvalue weighted by atomic mass is 9.82. The summed E-state index contributed by atoms with van der Waals surface area (Å²) in [4.78, 5) is 0. The summed E-state index contributed by atoms with van der Waals surface area (Å²) in [6.07, 6.45) is -1.60. The van der Waals surface area contributed by atoms with E-state index in [4.69, 9.17) is 23.7 Å². The third-order valence-electron chi connectivity index (χ3n) is 7.02. The van der Waals surface area contributed by atoms with E-state index in [0.29, 0.717) is 19.1 Å². The normalized spacial score (nSPS) is 39.3. The van der Waals surface area contributed by atoms with Crippen LogP contribution in [0.25, 0.3) is 0 Å². The minimum atomic E-state index is -1.03. The first-order valence-corrected chi connectivity index (χ1v) is 12.0. The first kappa shape index (κ1) is 26.3. The highest BCUT2D eigenvalue weighted by Gasteiger charge is 2.49. The molecular weight excluding hydrogens is 424 g/mol. The van der Waals surface area contributed by atoms with Gasteiger partial charge in [0.2, 0.25) is 0 Å². The molecule has 1 aromatic carbocycles. The number of hydrogen-bond acceptors (Lipinski definition) is 7. The van der Waals surface area contributed by atoms with Gasteiger partial charge in [0.05, 0.1) is 32.0 Å². The number of aliphatic hydroxyl groups excluding tert-OH is 2. The maximum absolute atomic E-state index is 10.9. The van der Waals surface area contributed by atoms with Crippen molar-refractivity contribution in [3.63, 3.8) is 0 Å². The van der Waals surface area contributed by atoms with Crippen molar-refractivity contribution < 1.29 is 33.9 Å². The summed E-state index contributed by atoms with van der Waals surface area (Å²) in [5.41, 5.74) is 1.08. The summed E-state index contributed by atoms with van der Waals surface area (Å²) in [5, 5.41) is 20.7. The molecule has 10 atom stereocenters. The van der Waals surface area contributed by atoms with Gasteiger partial charge in [0, 0.05) is 5.92 Å². The molecule has 0 amide bonds. The van der Waals surface area contributed by atoms with Crippen LogP contribution >= 0.6 is 0 Å². The monoisotopic (exact) mass is 464 g/mol. The first-order chi connectivity index (χ1) is 15.9. The van der Waals surface area contributed by atoms with E-state index in [1.165, 1.54) is 0 Å². The Morgan fingerprint density at radius 1 is 0.939 bits per heavy atom. The summed E-state index contributed by atoms with van der Waals surface area (Å²) in [6.45, 7) is 12.4. The molecule has 0 saturated carbocycles.